The van der Waals surface area contributed by atoms with E-state index in [0.29, 0.717) is 16.6 Å². The fraction of sp³-hybridized carbons (Fsp3) is 0.444. The van der Waals surface area contributed by atoms with Crippen molar-refractivity contribution in [3.8, 4) is 0 Å². The van der Waals surface area contributed by atoms with E-state index in [2.05, 4.69) is 15.2 Å². The molecule has 7 heteroatoms. The summed E-state index contributed by atoms with van der Waals surface area (Å²) in [5.74, 6) is -0.0346. The Morgan fingerprint density at radius 1 is 1.24 bits per heavy atom. The number of aryl methyl sites for hydroxylation is 1. The van der Waals surface area contributed by atoms with E-state index in [1.807, 2.05) is 36.7 Å². The first-order valence-electron chi connectivity index (χ1n) is 8.48. The Morgan fingerprint density at radius 3 is 2.48 bits per heavy atom. The van der Waals surface area contributed by atoms with Gasteiger partial charge in [0.05, 0.1) is 6.33 Å². The summed E-state index contributed by atoms with van der Waals surface area (Å²) in [6, 6.07) is 4.89. The maximum Gasteiger partial charge on any atom is 0.241 e. The van der Waals surface area contributed by atoms with Crippen LogP contribution in [-0.4, -0.2) is 40.0 Å². The van der Waals surface area contributed by atoms with Crippen LogP contribution in [0.3, 0.4) is 0 Å². The smallest absolute Gasteiger partial charge is 0.241 e. The van der Waals surface area contributed by atoms with Gasteiger partial charge in [0, 0.05) is 35.5 Å². The minimum atomic E-state index is -0.403. The number of hydrogen-bond donors (Lipinski definition) is 1. The summed E-state index contributed by atoms with van der Waals surface area (Å²) in [6.45, 7) is 7.01. The van der Waals surface area contributed by atoms with E-state index in [1.54, 1.807) is 18.6 Å². The number of likely N-dealkylation sites (N-methyl/N-ethyl adjacent to an activating group) is 1. The van der Waals surface area contributed by atoms with Crippen LogP contribution in [0.2, 0.25) is 10.0 Å². The van der Waals surface area contributed by atoms with Crippen LogP contribution in [0.15, 0.2) is 36.9 Å². The van der Waals surface area contributed by atoms with E-state index in [1.165, 1.54) is 0 Å². The number of amides is 1. The molecule has 1 aromatic heterocycles. The van der Waals surface area contributed by atoms with Crippen LogP contribution in [0.25, 0.3) is 0 Å². The predicted molar refractivity (Wildman–Crippen MR) is 102 cm³/mol. The van der Waals surface area contributed by atoms with Crippen LogP contribution in [0.5, 0.6) is 0 Å². The normalized spacial score (nSPS) is 12.4. The second-order valence-electron chi connectivity index (χ2n) is 5.77. The number of imidazole rings is 1. The number of carbonyl (C=O) groups excluding carboxylic acids is 1. The molecule has 1 atom stereocenters. The summed E-state index contributed by atoms with van der Waals surface area (Å²) in [5.41, 5.74) is 0.813. The van der Waals surface area contributed by atoms with Crippen molar-refractivity contribution in [2.45, 2.75) is 32.9 Å². The Balaban J connectivity index is 2.04. The molecule has 2 rings (SSSR count). The number of nitrogens with one attached hydrogen (secondary N) is 1. The van der Waals surface area contributed by atoms with Crippen LogP contribution in [0.4, 0.5) is 0 Å². The van der Waals surface area contributed by atoms with Crippen molar-refractivity contribution in [2.75, 3.05) is 19.6 Å². The number of hydrogen-bond acceptors (Lipinski definition) is 3. The first kappa shape index (κ1) is 19.8. The SMILES string of the molecule is CCN(CC)[C@@H](C(=O)NCCCn1ccnc1)c1cc(Cl)cc(Cl)c1. The number of carbonyl (C=O) groups is 1. The third-order valence-corrected chi connectivity index (χ3v) is 4.51. The average molecular weight is 383 g/mol. The summed E-state index contributed by atoms with van der Waals surface area (Å²) >= 11 is 12.3. The molecule has 0 bridgehead atoms. The third-order valence-electron chi connectivity index (χ3n) is 4.08. The van der Waals surface area contributed by atoms with Crippen molar-refractivity contribution in [1.29, 1.82) is 0 Å². The van der Waals surface area contributed by atoms with Gasteiger partial charge in [-0.2, -0.15) is 0 Å². The molecule has 0 aliphatic heterocycles. The van der Waals surface area contributed by atoms with Gasteiger partial charge in [-0.3, -0.25) is 9.69 Å². The number of nitrogens with zero attached hydrogens (tertiary/aromatic N) is 3. The molecule has 0 saturated heterocycles. The largest absolute Gasteiger partial charge is 0.354 e. The Labute approximate surface area is 158 Å². The highest BCUT2D eigenvalue weighted by atomic mass is 35.5. The monoisotopic (exact) mass is 382 g/mol. The van der Waals surface area contributed by atoms with Crippen molar-refractivity contribution in [3.63, 3.8) is 0 Å². The lowest BCUT2D eigenvalue weighted by molar-refractivity contribution is -0.126. The van der Waals surface area contributed by atoms with Crippen molar-refractivity contribution < 1.29 is 4.79 Å². The first-order valence-corrected chi connectivity index (χ1v) is 9.24. The summed E-state index contributed by atoms with van der Waals surface area (Å²) < 4.78 is 1.99. The first-order chi connectivity index (χ1) is 12.0. The number of rotatable bonds is 9. The third kappa shape index (κ3) is 5.73. The summed E-state index contributed by atoms with van der Waals surface area (Å²) in [4.78, 5) is 18.9. The van der Waals surface area contributed by atoms with E-state index in [-0.39, 0.29) is 5.91 Å². The lowest BCUT2D eigenvalue weighted by atomic mass is 10.0. The van der Waals surface area contributed by atoms with E-state index < -0.39 is 6.04 Å². The summed E-state index contributed by atoms with van der Waals surface area (Å²) in [5, 5.41) is 4.10. The molecule has 136 valence electrons. The highest BCUT2D eigenvalue weighted by Crippen LogP contribution is 2.27. The topological polar surface area (TPSA) is 50.2 Å². The molecule has 2 aromatic rings. The summed E-state index contributed by atoms with van der Waals surface area (Å²) in [7, 11) is 0. The van der Waals surface area contributed by atoms with Crippen LogP contribution >= 0.6 is 23.2 Å². The molecule has 0 radical (unpaired) electrons. The quantitative estimate of drug-likeness (QED) is 0.671. The molecular formula is C18H24Cl2N4O. The molecule has 0 saturated carbocycles. The Kier molecular flexibility index (Phi) is 7.75. The molecule has 1 amide bonds. The molecule has 25 heavy (non-hydrogen) atoms. The van der Waals surface area contributed by atoms with Crippen LogP contribution in [-0.2, 0) is 11.3 Å². The molecule has 0 unspecified atom stereocenters. The fourth-order valence-electron chi connectivity index (χ4n) is 2.84. The number of benzene rings is 1. The molecule has 5 nitrogen and oxygen atoms in total. The Hall–Kier alpha value is -1.56. The zero-order valence-corrected chi connectivity index (χ0v) is 16.1. The van der Waals surface area contributed by atoms with Gasteiger partial charge >= 0.3 is 0 Å². The van der Waals surface area contributed by atoms with Crippen LogP contribution < -0.4 is 5.32 Å². The van der Waals surface area contributed by atoms with Crippen molar-refractivity contribution in [3.05, 3.63) is 52.5 Å². The molecule has 0 aliphatic carbocycles. The molecule has 0 aliphatic rings. The Morgan fingerprint density at radius 2 is 1.92 bits per heavy atom. The van der Waals surface area contributed by atoms with E-state index in [9.17, 15) is 4.79 Å². The van der Waals surface area contributed by atoms with E-state index >= 15 is 0 Å². The van der Waals surface area contributed by atoms with Gasteiger partial charge in [0.25, 0.3) is 0 Å². The van der Waals surface area contributed by atoms with Crippen molar-refractivity contribution in [2.24, 2.45) is 0 Å². The minimum Gasteiger partial charge on any atom is -0.354 e. The van der Waals surface area contributed by atoms with Gasteiger partial charge in [-0.05, 0) is 43.3 Å². The maximum absolute atomic E-state index is 12.8. The molecule has 0 fully saturated rings. The molecule has 1 heterocycles. The predicted octanol–water partition coefficient (Wildman–Crippen LogP) is 3.78. The van der Waals surface area contributed by atoms with Crippen LogP contribution in [0, 0.1) is 0 Å². The number of aromatic nitrogens is 2. The lowest BCUT2D eigenvalue weighted by Crippen LogP contribution is -2.41. The highest BCUT2D eigenvalue weighted by molar-refractivity contribution is 6.34. The van der Waals surface area contributed by atoms with Gasteiger partial charge in [-0.25, -0.2) is 4.98 Å². The van der Waals surface area contributed by atoms with Gasteiger partial charge in [0.15, 0.2) is 0 Å². The molecule has 1 N–H and O–H groups in total. The molecule has 1 aromatic carbocycles. The Bertz CT molecular complexity index is 651. The van der Waals surface area contributed by atoms with E-state index in [0.717, 1.165) is 31.6 Å². The maximum atomic E-state index is 12.8. The zero-order chi connectivity index (χ0) is 18.2. The second kappa shape index (κ2) is 9.80. The van der Waals surface area contributed by atoms with Gasteiger partial charge in [-0.15, -0.1) is 0 Å². The zero-order valence-electron chi connectivity index (χ0n) is 14.6. The lowest BCUT2D eigenvalue weighted by Gasteiger charge is -2.29. The van der Waals surface area contributed by atoms with Gasteiger partial charge in [-0.1, -0.05) is 37.0 Å². The number of halogens is 2. The average Bonchev–Trinajstić information content (AvgIpc) is 3.08. The van der Waals surface area contributed by atoms with Gasteiger partial charge in [0.1, 0.15) is 6.04 Å². The van der Waals surface area contributed by atoms with Crippen LogP contribution in [0.1, 0.15) is 31.9 Å². The second-order valence-corrected chi connectivity index (χ2v) is 6.64. The highest BCUT2D eigenvalue weighted by Gasteiger charge is 2.26. The van der Waals surface area contributed by atoms with Gasteiger partial charge < -0.3 is 9.88 Å². The fourth-order valence-corrected chi connectivity index (χ4v) is 3.38. The summed E-state index contributed by atoms with van der Waals surface area (Å²) in [6.07, 6.45) is 6.27. The standard InChI is InChI=1S/C18H24Cl2N4O/c1-3-24(4-2)17(14-10-15(19)12-16(20)11-14)18(25)22-6-5-8-23-9-7-21-13-23/h7,9-13,17H,3-6,8H2,1-2H3,(H,22,25)/t17-/m1/s1. The molecule has 0 spiro atoms. The van der Waals surface area contributed by atoms with Crippen molar-refractivity contribution in [1.82, 2.24) is 19.8 Å². The molecular weight excluding hydrogens is 359 g/mol. The minimum absolute atomic E-state index is 0.0346. The van der Waals surface area contributed by atoms with Gasteiger partial charge in [0.2, 0.25) is 5.91 Å². The van der Waals surface area contributed by atoms with E-state index in [4.69, 9.17) is 23.2 Å². The van der Waals surface area contributed by atoms with Crippen molar-refractivity contribution >= 4 is 29.1 Å².